The lowest BCUT2D eigenvalue weighted by Gasteiger charge is -2.19. The quantitative estimate of drug-likeness (QED) is 0.436. The number of phenols is 3. The molecule has 3 N–H and O–H groups in total. The van der Waals surface area contributed by atoms with Gasteiger partial charge in [0.15, 0.2) is 23.0 Å². The lowest BCUT2D eigenvalue weighted by Crippen LogP contribution is -1.98. The molecule has 162 valence electrons. The molecule has 0 aliphatic rings. The van der Waals surface area contributed by atoms with Gasteiger partial charge in [-0.2, -0.15) is 0 Å². The SMILES string of the molecule is COc1c(-c2ccc(O)cc2)cc(O)c(-c2ccc(OCC=C(C)C)c(O)c2)c1OC. The van der Waals surface area contributed by atoms with Gasteiger partial charge >= 0.3 is 0 Å². The fourth-order valence-electron chi connectivity index (χ4n) is 3.25. The van der Waals surface area contributed by atoms with Crippen LogP contribution in [0.3, 0.4) is 0 Å². The van der Waals surface area contributed by atoms with E-state index in [2.05, 4.69) is 0 Å². The van der Waals surface area contributed by atoms with Gasteiger partial charge in [0.05, 0.1) is 19.8 Å². The molecule has 31 heavy (non-hydrogen) atoms. The number of aromatic hydroxyl groups is 3. The predicted molar refractivity (Wildman–Crippen MR) is 120 cm³/mol. The van der Waals surface area contributed by atoms with Crippen LogP contribution in [0.1, 0.15) is 13.8 Å². The molecule has 0 bridgehead atoms. The molecule has 0 fully saturated rings. The minimum absolute atomic E-state index is 0.0432. The Labute approximate surface area is 181 Å². The van der Waals surface area contributed by atoms with Crippen molar-refractivity contribution in [2.75, 3.05) is 20.8 Å². The first-order chi connectivity index (χ1) is 14.8. The summed E-state index contributed by atoms with van der Waals surface area (Å²) < 4.78 is 16.8. The van der Waals surface area contributed by atoms with E-state index in [1.165, 1.54) is 20.3 Å². The van der Waals surface area contributed by atoms with Crippen LogP contribution in [0.4, 0.5) is 0 Å². The molecule has 3 rings (SSSR count). The molecule has 3 aromatic carbocycles. The summed E-state index contributed by atoms with van der Waals surface area (Å²) in [6.45, 7) is 4.28. The second-order valence-electron chi connectivity index (χ2n) is 7.21. The number of hydrogen-bond donors (Lipinski definition) is 3. The largest absolute Gasteiger partial charge is 0.508 e. The Hall–Kier alpha value is -3.80. The monoisotopic (exact) mass is 422 g/mol. The minimum Gasteiger partial charge on any atom is -0.508 e. The maximum atomic E-state index is 10.8. The molecule has 0 saturated carbocycles. The van der Waals surface area contributed by atoms with E-state index >= 15 is 0 Å². The smallest absolute Gasteiger partial charge is 0.172 e. The van der Waals surface area contributed by atoms with Gasteiger partial charge in [-0.15, -0.1) is 0 Å². The highest BCUT2D eigenvalue weighted by Gasteiger charge is 2.23. The average Bonchev–Trinajstić information content (AvgIpc) is 2.74. The molecular formula is C25H26O6. The van der Waals surface area contributed by atoms with Gasteiger partial charge in [0.25, 0.3) is 0 Å². The Balaban J connectivity index is 2.08. The summed E-state index contributed by atoms with van der Waals surface area (Å²) in [4.78, 5) is 0. The van der Waals surface area contributed by atoms with E-state index in [0.717, 1.165) is 11.1 Å². The number of methoxy groups -OCH3 is 2. The van der Waals surface area contributed by atoms with Gasteiger partial charge in [-0.25, -0.2) is 0 Å². The number of phenolic OH excluding ortho intramolecular Hbond substituents is 3. The van der Waals surface area contributed by atoms with E-state index in [-0.39, 0.29) is 17.2 Å². The molecule has 0 aliphatic heterocycles. The van der Waals surface area contributed by atoms with Crippen LogP contribution in [0.15, 0.2) is 60.2 Å². The van der Waals surface area contributed by atoms with Crippen molar-refractivity contribution in [1.29, 1.82) is 0 Å². The van der Waals surface area contributed by atoms with Gasteiger partial charge in [0.1, 0.15) is 18.1 Å². The van der Waals surface area contributed by atoms with Crippen molar-refractivity contribution in [1.82, 2.24) is 0 Å². The number of hydrogen-bond acceptors (Lipinski definition) is 6. The topological polar surface area (TPSA) is 88.4 Å². The first kappa shape index (κ1) is 21.9. The van der Waals surface area contributed by atoms with E-state index in [4.69, 9.17) is 14.2 Å². The molecule has 0 unspecified atom stereocenters. The first-order valence-corrected chi connectivity index (χ1v) is 9.72. The van der Waals surface area contributed by atoms with Crippen molar-refractivity contribution in [3.8, 4) is 56.8 Å². The first-order valence-electron chi connectivity index (χ1n) is 9.72. The molecule has 0 spiro atoms. The Bertz CT molecular complexity index is 1100. The third kappa shape index (κ3) is 4.69. The Morgan fingerprint density at radius 1 is 0.806 bits per heavy atom. The second-order valence-corrected chi connectivity index (χ2v) is 7.21. The van der Waals surface area contributed by atoms with Gasteiger partial charge in [0.2, 0.25) is 0 Å². The van der Waals surface area contributed by atoms with Crippen LogP contribution in [0, 0.1) is 0 Å². The molecule has 0 amide bonds. The van der Waals surface area contributed by atoms with Crippen LogP contribution >= 0.6 is 0 Å². The van der Waals surface area contributed by atoms with E-state index in [9.17, 15) is 15.3 Å². The summed E-state index contributed by atoms with van der Waals surface area (Å²) in [6.07, 6.45) is 1.91. The van der Waals surface area contributed by atoms with Crippen molar-refractivity contribution in [2.45, 2.75) is 13.8 Å². The average molecular weight is 422 g/mol. The molecular weight excluding hydrogens is 396 g/mol. The minimum atomic E-state index is -0.0531. The number of ether oxygens (including phenoxy) is 3. The number of allylic oxidation sites excluding steroid dienone is 1. The maximum absolute atomic E-state index is 10.8. The van der Waals surface area contributed by atoms with Gasteiger partial charge in [-0.3, -0.25) is 0 Å². The molecule has 0 radical (unpaired) electrons. The van der Waals surface area contributed by atoms with Crippen LogP contribution in [0.5, 0.6) is 34.5 Å². The van der Waals surface area contributed by atoms with Crippen molar-refractivity contribution >= 4 is 0 Å². The van der Waals surface area contributed by atoms with Crippen molar-refractivity contribution in [3.63, 3.8) is 0 Å². The van der Waals surface area contributed by atoms with Crippen LogP contribution in [-0.4, -0.2) is 36.1 Å². The van der Waals surface area contributed by atoms with E-state index in [0.29, 0.717) is 40.5 Å². The van der Waals surface area contributed by atoms with E-state index < -0.39 is 0 Å². The zero-order chi connectivity index (χ0) is 22.5. The predicted octanol–water partition coefficient (Wildman–Crippen LogP) is 5.50. The van der Waals surface area contributed by atoms with Crippen LogP contribution in [0.2, 0.25) is 0 Å². The van der Waals surface area contributed by atoms with Crippen LogP contribution in [0.25, 0.3) is 22.3 Å². The Kier molecular flexibility index (Phi) is 6.60. The lowest BCUT2D eigenvalue weighted by molar-refractivity contribution is 0.335. The third-order valence-corrected chi connectivity index (χ3v) is 4.78. The van der Waals surface area contributed by atoms with Crippen molar-refractivity contribution < 1.29 is 29.5 Å². The zero-order valence-corrected chi connectivity index (χ0v) is 18.0. The standard InChI is InChI=1S/C25H26O6/c1-15(2)11-12-31-22-10-7-17(13-20(22)27)23-21(28)14-19(24(29-3)25(23)30-4)16-5-8-18(26)9-6-16/h5-11,13-14,26-28H,12H2,1-4H3. The third-order valence-electron chi connectivity index (χ3n) is 4.78. The van der Waals surface area contributed by atoms with E-state index in [1.807, 2.05) is 19.9 Å². The van der Waals surface area contributed by atoms with E-state index in [1.54, 1.807) is 42.5 Å². The summed E-state index contributed by atoms with van der Waals surface area (Å²) >= 11 is 0. The number of benzene rings is 3. The maximum Gasteiger partial charge on any atom is 0.172 e. The molecule has 6 nitrogen and oxygen atoms in total. The normalized spacial score (nSPS) is 10.5. The molecule has 0 atom stereocenters. The second kappa shape index (κ2) is 9.34. The van der Waals surface area contributed by atoms with Gasteiger partial charge in [-0.05, 0) is 61.4 Å². The molecule has 6 heteroatoms. The summed E-state index contributed by atoms with van der Waals surface area (Å²) in [5, 5.41) is 30.8. The number of rotatable bonds is 7. The zero-order valence-electron chi connectivity index (χ0n) is 18.0. The van der Waals surface area contributed by atoms with Crippen LogP contribution in [-0.2, 0) is 0 Å². The lowest BCUT2D eigenvalue weighted by atomic mass is 9.96. The highest BCUT2D eigenvalue weighted by atomic mass is 16.5. The fourth-order valence-corrected chi connectivity index (χ4v) is 3.25. The van der Waals surface area contributed by atoms with Gasteiger partial charge in [-0.1, -0.05) is 23.8 Å². The Morgan fingerprint density at radius 3 is 2.03 bits per heavy atom. The summed E-state index contributed by atoms with van der Waals surface area (Å²) in [7, 11) is 3.00. The highest BCUT2D eigenvalue weighted by Crippen LogP contribution is 2.50. The summed E-state index contributed by atoms with van der Waals surface area (Å²) in [5.41, 5.74) is 3.38. The summed E-state index contributed by atoms with van der Waals surface area (Å²) in [6, 6.07) is 13.0. The van der Waals surface area contributed by atoms with Crippen LogP contribution < -0.4 is 14.2 Å². The van der Waals surface area contributed by atoms with Crippen molar-refractivity contribution in [2.24, 2.45) is 0 Å². The van der Waals surface area contributed by atoms with Gasteiger partial charge in [0, 0.05) is 5.56 Å². The molecule has 0 aromatic heterocycles. The Morgan fingerprint density at radius 2 is 1.45 bits per heavy atom. The summed E-state index contributed by atoms with van der Waals surface area (Å²) in [5.74, 6) is 1.12. The fraction of sp³-hybridized carbons (Fsp3) is 0.200. The molecule has 0 heterocycles. The molecule has 3 aromatic rings. The van der Waals surface area contributed by atoms with Crippen molar-refractivity contribution in [3.05, 3.63) is 60.2 Å². The highest BCUT2D eigenvalue weighted by molar-refractivity contribution is 5.88. The van der Waals surface area contributed by atoms with Gasteiger partial charge < -0.3 is 29.5 Å². The molecule has 0 aliphatic carbocycles. The molecule has 0 saturated heterocycles.